The molecule has 2 aromatic rings. The minimum atomic E-state index is -0.369. The lowest BCUT2D eigenvalue weighted by Crippen LogP contribution is -2.19. The number of carbonyl (C=O) groups is 2. The summed E-state index contributed by atoms with van der Waals surface area (Å²) in [5.74, 6) is -0.369. The van der Waals surface area contributed by atoms with Crippen molar-refractivity contribution in [1.29, 1.82) is 0 Å². The van der Waals surface area contributed by atoms with Crippen molar-refractivity contribution in [2.45, 2.75) is 26.2 Å². The molecule has 0 saturated carbocycles. The Labute approximate surface area is 141 Å². The van der Waals surface area contributed by atoms with E-state index >= 15 is 0 Å². The SMILES string of the molecule is CCOC(=O)c1ccc(NC(=O)Nc2ccc3c(c2)CCC3)cc1. The first-order chi connectivity index (χ1) is 11.7. The Balaban J connectivity index is 1.59. The zero-order valence-electron chi connectivity index (χ0n) is 13.6. The second-order valence-corrected chi connectivity index (χ2v) is 5.71. The van der Waals surface area contributed by atoms with Crippen LogP contribution in [0.2, 0.25) is 0 Å². The van der Waals surface area contributed by atoms with Gasteiger partial charge in [0.05, 0.1) is 12.2 Å². The van der Waals surface area contributed by atoms with E-state index < -0.39 is 0 Å². The summed E-state index contributed by atoms with van der Waals surface area (Å²) in [7, 11) is 0. The van der Waals surface area contributed by atoms with Crippen LogP contribution in [-0.4, -0.2) is 18.6 Å². The molecule has 0 heterocycles. The second kappa shape index (κ2) is 7.17. The first-order valence-corrected chi connectivity index (χ1v) is 8.12. The average Bonchev–Trinajstić information content (AvgIpc) is 3.03. The fourth-order valence-corrected chi connectivity index (χ4v) is 2.85. The third kappa shape index (κ3) is 3.74. The first-order valence-electron chi connectivity index (χ1n) is 8.12. The number of esters is 1. The summed E-state index contributed by atoms with van der Waals surface area (Å²) in [6, 6.07) is 12.3. The van der Waals surface area contributed by atoms with Gasteiger partial charge in [-0.2, -0.15) is 0 Å². The molecule has 0 saturated heterocycles. The summed E-state index contributed by atoms with van der Waals surface area (Å²) >= 11 is 0. The summed E-state index contributed by atoms with van der Waals surface area (Å²) in [4.78, 5) is 23.7. The maximum atomic E-state index is 12.1. The van der Waals surface area contributed by atoms with Crippen molar-refractivity contribution < 1.29 is 14.3 Å². The molecule has 2 N–H and O–H groups in total. The summed E-state index contributed by atoms with van der Waals surface area (Å²) in [6.45, 7) is 2.10. The molecule has 24 heavy (non-hydrogen) atoms. The normalized spacial score (nSPS) is 12.4. The van der Waals surface area contributed by atoms with Gasteiger partial charge < -0.3 is 15.4 Å². The van der Waals surface area contributed by atoms with Crippen molar-refractivity contribution in [2.24, 2.45) is 0 Å². The fourth-order valence-electron chi connectivity index (χ4n) is 2.85. The van der Waals surface area contributed by atoms with E-state index in [0.29, 0.717) is 17.9 Å². The third-order valence-corrected chi connectivity index (χ3v) is 4.01. The van der Waals surface area contributed by atoms with Crippen LogP contribution in [0.4, 0.5) is 16.2 Å². The zero-order valence-corrected chi connectivity index (χ0v) is 13.6. The molecule has 0 bridgehead atoms. The van der Waals surface area contributed by atoms with E-state index in [2.05, 4.69) is 16.7 Å². The van der Waals surface area contributed by atoms with Crippen LogP contribution in [0.15, 0.2) is 42.5 Å². The van der Waals surface area contributed by atoms with Crippen molar-refractivity contribution in [1.82, 2.24) is 0 Å². The van der Waals surface area contributed by atoms with Gasteiger partial charge in [0.25, 0.3) is 0 Å². The molecule has 2 aromatic carbocycles. The van der Waals surface area contributed by atoms with Crippen LogP contribution in [0.5, 0.6) is 0 Å². The van der Waals surface area contributed by atoms with Crippen LogP contribution in [-0.2, 0) is 17.6 Å². The van der Waals surface area contributed by atoms with Crippen molar-refractivity contribution in [3.8, 4) is 0 Å². The lowest BCUT2D eigenvalue weighted by Gasteiger charge is -2.09. The van der Waals surface area contributed by atoms with Crippen LogP contribution in [0, 0.1) is 0 Å². The molecule has 0 radical (unpaired) electrons. The van der Waals surface area contributed by atoms with E-state index in [1.54, 1.807) is 31.2 Å². The van der Waals surface area contributed by atoms with Gasteiger partial charge in [0, 0.05) is 11.4 Å². The predicted octanol–water partition coefficient (Wildman–Crippen LogP) is 4.00. The molecule has 2 amide bonds. The summed E-state index contributed by atoms with van der Waals surface area (Å²) in [5.41, 5.74) is 4.54. The summed E-state index contributed by atoms with van der Waals surface area (Å²) < 4.78 is 4.93. The standard InChI is InChI=1S/C19H20N2O3/c1-2-24-18(22)14-7-9-16(10-8-14)20-19(23)21-17-11-6-13-4-3-5-15(13)12-17/h6-12H,2-5H2,1H3,(H2,20,21,23). The number of aryl methyl sites for hydroxylation is 2. The Bertz CT molecular complexity index is 754. The number of anilines is 2. The summed E-state index contributed by atoms with van der Waals surface area (Å²) in [6.07, 6.45) is 3.37. The minimum absolute atomic E-state index is 0.308. The molecule has 0 atom stereocenters. The molecule has 0 aliphatic heterocycles. The first kappa shape index (κ1) is 16.1. The highest BCUT2D eigenvalue weighted by Gasteiger charge is 2.12. The highest BCUT2D eigenvalue weighted by Crippen LogP contribution is 2.25. The number of amides is 2. The van der Waals surface area contributed by atoms with E-state index in [9.17, 15) is 9.59 Å². The van der Waals surface area contributed by atoms with Gasteiger partial charge >= 0.3 is 12.0 Å². The second-order valence-electron chi connectivity index (χ2n) is 5.71. The van der Waals surface area contributed by atoms with Gasteiger partial charge in [0.1, 0.15) is 0 Å². The largest absolute Gasteiger partial charge is 0.462 e. The number of nitrogens with one attached hydrogen (secondary N) is 2. The number of rotatable bonds is 4. The zero-order chi connectivity index (χ0) is 16.9. The lowest BCUT2D eigenvalue weighted by atomic mass is 10.1. The molecular formula is C19H20N2O3. The van der Waals surface area contributed by atoms with Crippen molar-refractivity contribution >= 4 is 23.4 Å². The van der Waals surface area contributed by atoms with Gasteiger partial charge in [-0.05, 0) is 73.7 Å². The van der Waals surface area contributed by atoms with Gasteiger partial charge in [-0.15, -0.1) is 0 Å². The molecule has 124 valence electrons. The van der Waals surface area contributed by atoms with E-state index in [1.807, 2.05) is 12.1 Å². The van der Waals surface area contributed by atoms with Gasteiger partial charge in [-0.1, -0.05) is 6.07 Å². The number of urea groups is 1. The topological polar surface area (TPSA) is 67.4 Å². The van der Waals surface area contributed by atoms with Crippen molar-refractivity contribution in [2.75, 3.05) is 17.2 Å². The highest BCUT2D eigenvalue weighted by atomic mass is 16.5. The highest BCUT2D eigenvalue weighted by molar-refractivity contribution is 6.00. The van der Waals surface area contributed by atoms with Crippen LogP contribution >= 0.6 is 0 Å². The van der Waals surface area contributed by atoms with Crippen LogP contribution in [0.3, 0.4) is 0 Å². The Kier molecular flexibility index (Phi) is 4.79. The van der Waals surface area contributed by atoms with Crippen molar-refractivity contribution in [3.05, 3.63) is 59.2 Å². The van der Waals surface area contributed by atoms with Crippen LogP contribution in [0.1, 0.15) is 34.8 Å². The quantitative estimate of drug-likeness (QED) is 0.835. The van der Waals surface area contributed by atoms with Gasteiger partial charge in [0.15, 0.2) is 0 Å². The van der Waals surface area contributed by atoms with Crippen LogP contribution in [0.25, 0.3) is 0 Å². The predicted molar refractivity (Wildman–Crippen MR) is 93.5 cm³/mol. The molecule has 0 fully saturated rings. The van der Waals surface area contributed by atoms with Gasteiger partial charge in [0.2, 0.25) is 0 Å². The average molecular weight is 324 g/mol. The molecular weight excluding hydrogens is 304 g/mol. The Hall–Kier alpha value is -2.82. The number of fused-ring (bicyclic) bond motifs is 1. The smallest absolute Gasteiger partial charge is 0.338 e. The molecule has 3 rings (SSSR count). The Morgan fingerprint density at radius 2 is 1.62 bits per heavy atom. The van der Waals surface area contributed by atoms with E-state index in [-0.39, 0.29) is 12.0 Å². The van der Waals surface area contributed by atoms with E-state index in [0.717, 1.165) is 18.5 Å². The molecule has 1 aliphatic carbocycles. The Morgan fingerprint density at radius 3 is 2.38 bits per heavy atom. The third-order valence-electron chi connectivity index (χ3n) is 4.01. The molecule has 0 spiro atoms. The lowest BCUT2D eigenvalue weighted by molar-refractivity contribution is 0.0526. The van der Waals surface area contributed by atoms with Crippen molar-refractivity contribution in [3.63, 3.8) is 0 Å². The number of benzene rings is 2. The van der Waals surface area contributed by atoms with Gasteiger partial charge in [-0.25, -0.2) is 9.59 Å². The fraction of sp³-hybridized carbons (Fsp3) is 0.263. The number of hydrogen-bond donors (Lipinski definition) is 2. The minimum Gasteiger partial charge on any atom is -0.462 e. The molecule has 0 aromatic heterocycles. The van der Waals surface area contributed by atoms with E-state index in [1.165, 1.54) is 17.5 Å². The monoisotopic (exact) mass is 324 g/mol. The molecule has 1 aliphatic rings. The van der Waals surface area contributed by atoms with E-state index in [4.69, 9.17) is 4.74 Å². The number of carbonyl (C=O) groups excluding carboxylic acids is 2. The van der Waals surface area contributed by atoms with Crippen LogP contribution < -0.4 is 10.6 Å². The number of ether oxygens (including phenoxy) is 1. The summed E-state index contributed by atoms with van der Waals surface area (Å²) in [5, 5.41) is 5.59. The molecule has 5 heteroatoms. The maximum absolute atomic E-state index is 12.1. The molecule has 0 unspecified atom stereocenters. The molecule has 5 nitrogen and oxygen atoms in total. The Morgan fingerprint density at radius 1 is 0.958 bits per heavy atom. The van der Waals surface area contributed by atoms with Gasteiger partial charge in [-0.3, -0.25) is 0 Å². The maximum Gasteiger partial charge on any atom is 0.338 e. The number of hydrogen-bond acceptors (Lipinski definition) is 3.